The topological polar surface area (TPSA) is 0 Å². The molecule has 0 rings (SSSR count). The molecule has 0 saturated carbocycles. The molecule has 0 saturated heterocycles. The van der Waals surface area contributed by atoms with E-state index in [9.17, 15) is 0 Å². The molecule has 0 fully saturated rings. The number of quaternary nitrogens is 1. The zero-order chi connectivity index (χ0) is 15.8. The van der Waals surface area contributed by atoms with Crippen molar-refractivity contribution in [1.29, 1.82) is 0 Å². The Morgan fingerprint density at radius 2 is 0.727 bits per heavy atom. The molecule has 0 aliphatic rings. The van der Waals surface area contributed by atoms with Crippen LogP contribution in [0.3, 0.4) is 0 Å². The predicted molar refractivity (Wildman–Crippen MR) is 97.8 cm³/mol. The third kappa shape index (κ3) is 22.5. The van der Waals surface area contributed by atoms with E-state index < -0.39 is 0 Å². The third-order valence-electron chi connectivity index (χ3n) is 4.43. The fraction of sp³-hybridized carbons (Fsp3) is 1.00. The Hall–Kier alpha value is 0.250. The lowest BCUT2D eigenvalue weighted by molar-refractivity contribution is -0.870. The molecule has 2 heteroatoms. The second kappa shape index (κ2) is 17.6. The summed E-state index contributed by atoms with van der Waals surface area (Å²) in [6.07, 6.45) is 21.9. The van der Waals surface area contributed by atoms with E-state index in [1.54, 1.807) is 0 Å². The van der Waals surface area contributed by atoms with Crippen molar-refractivity contribution in [1.82, 2.24) is 0 Å². The van der Waals surface area contributed by atoms with Gasteiger partial charge in [-0.25, -0.2) is 0 Å². The van der Waals surface area contributed by atoms with Gasteiger partial charge in [-0.1, -0.05) is 90.4 Å². The van der Waals surface area contributed by atoms with Crippen LogP contribution in [-0.2, 0) is 0 Å². The molecule has 0 aliphatic carbocycles. The highest BCUT2D eigenvalue weighted by Gasteiger charge is 2.04. The van der Waals surface area contributed by atoms with Gasteiger partial charge in [-0.2, -0.15) is 0 Å². The number of hydrogen-bond acceptors (Lipinski definition) is 0. The van der Waals surface area contributed by atoms with Crippen LogP contribution in [0.15, 0.2) is 0 Å². The molecular weight excluding hydrogens is 290 g/mol. The van der Waals surface area contributed by atoms with Gasteiger partial charge in [-0.3, -0.25) is 0 Å². The molecule has 0 spiro atoms. The van der Waals surface area contributed by atoms with Crippen molar-refractivity contribution < 1.29 is 16.9 Å². The molecule has 0 heterocycles. The third-order valence-corrected chi connectivity index (χ3v) is 4.43. The average molecular weight is 334 g/mol. The molecule has 0 atom stereocenters. The fourth-order valence-corrected chi connectivity index (χ4v) is 2.96. The van der Waals surface area contributed by atoms with Crippen LogP contribution in [0.4, 0.5) is 0 Å². The summed E-state index contributed by atoms with van der Waals surface area (Å²) in [5, 5.41) is 0. The van der Waals surface area contributed by atoms with E-state index >= 15 is 0 Å². The van der Waals surface area contributed by atoms with E-state index in [4.69, 9.17) is 0 Å². The van der Waals surface area contributed by atoms with Crippen molar-refractivity contribution in [2.75, 3.05) is 27.7 Å². The van der Waals surface area contributed by atoms with Crippen molar-refractivity contribution in [3.63, 3.8) is 0 Å². The fourth-order valence-electron chi connectivity index (χ4n) is 2.96. The number of hydrogen-bond donors (Lipinski definition) is 0. The van der Waals surface area contributed by atoms with Crippen LogP contribution in [0.1, 0.15) is 103 Å². The first-order valence-electron chi connectivity index (χ1n) is 9.86. The summed E-state index contributed by atoms with van der Waals surface area (Å²) in [6, 6.07) is 0. The first-order chi connectivity index (χ1) is 10.1. The van der Waals surface area contributed by atoms with Crippen LogP contribution in [0, 0.1) is 0 Å². The van der Waals surface area contributed by atoms with Crippen LogP contribution in [0.2, 0.25) is 0 Å². The van der Waals surface area contributed by atoms with Crippen molar-refractivity contribution in [3.05, 3.63) is 0 Å². The lowest BCUT2D eigenvalue weighted by atomic mass is 10.0. The molecule has 0 aromatic rings. The summed E-state index contributed by atoms with van der Waals surface area (Å²) in [5.74, 6) is 0. The molecule has 0 unspecified atom stereocenters. The number of rotatable bonds is 16. The second-order valence-electron chi connectivity index (χ2n) is 7.96. The highest BCUT2D eigenvalue weighted by atomic mass is 35.5. The van der Waals surface area contributed by atoms with Gasteiger partial charge in [0.25, 0.3) is 0 Å². The zero-order valence-electron chi connectivity index (χ0n) is 16.1. The molecule has 0 aromatic carbocycles. The molecule has 0 bridgehead atoms. The van der Waals surface area contributed by atoms with E-state index in [1.165, 1.54) is 103 Å². The Morgan fingerprint density at radius 1 is 0.455 bits per heavy atom. The first-order valence-corrected chi connectivity index (χ1v) is 9.86. The molecule has 0 radical (unpaired) electrons. The van der Waals surface area contributed by atoms with Gasteiger partial charge in [-0.15, -0.1) is 0 Å². The lowest BCUT2D eigenvalue weighted by Gasteiger charge is -2.23. The van der Waals surface area contributed by atoms with Gasteiger partial charge in [0.05, 0.1) is 27.7 Å². The van der Waals surface area contributed by atoms with Gasteiger partial charge >= 0.3 is 0 Å². The Morgan fingerprint density at radius 3 is 1.00 bits per heavy atom. The predicted octanol–water partition coefficient (Wildman–Crippen LogP) is 3.57. The normalized spacial score (nSPS) is 11.5. The summed E-state index contributed by atoms with van der Waals surface area (Å²) in [6.45, 7) is 3.63. The average Bonchev–Trinajstić information content (AvgIpc) is 2.42. The van der Waals surface area contributed by atoms with Gasteiger partial charge in [0.2, 0.25) is 0 Å². The maximum absolute atomic E-state index is 2.30. The van der Waals surface area contributed by atoms with Crippen molar-refractivity contribution in [2.24, 2.45) is 0 Å². The van der Waals surface area contributed by atoms with Crippen LogP contribution in [-0.4, -0.2) is 32.2 Å². The highest BCUT2D eigenvalue weighted by Crippen LogP contribution is 2.13. The summed E-state index contributed by atoms with van der Waals surface area (Å²) in [5.41, 5.74) is 0. The van der Waals surface area contributed by atoms with Gasteiger partial charge in [-0.05, 0) is 12.8 Å². The van der Waals surface area contributed by atoms with E-state index in [-0.39, 0.29) is 12.4 Å². The smallest absolute Gasteiger partial charge is 0.0780 e. The van der Waals surface area contributed by atoms with Crippen molar-refractivity contribution in [2.45, 2.75) is 103 Å². The molecule has 0 amide bonds. The minimum atomic E-state index is 0. The van der Waals surface area contributed by atoms with Gasteiger partial charge < -0.3 is 16.9 Å². The Bertz CT molecular complexity index is 198. The highest BCUT2D eigenvalue weighted by molar-refractivity contribution is 4.49. The summed E-state index contributed by atoms with van der Waals surface area (Å²) >= 11 is 0. The molecular formula is C20H44ClN. The first kappa shape index (κ1) is 24.5. The summed E-state index contributed by atoms with van der Waals surface area (Å²) < 4.78 is 1.12. The van der Waals surface area contributed by atoms with E-state index in [0.717, 1.165) is 4.48 Å². The minimum Gasteiger partial charge on any atom is -1.00 e. The van der Waals surface area contributed by atoms with Gasteiger partial charge in [0.1, 0.15) is 0 Å². The van der Waals surface area contributed by atoms with E-state index in [2.05, 4.69) is 28.1 Å². The second-order valence-corrected chi connectivity index (χ2v) is 7.96. The van der Waals surface area contributed by atoms with E-state index in [0.29, 0.717) is 0 Å². The monoisotopic (exact) mass is 333 g/mol. The largest absolute Gasteiger partial charge is 1.00 e. The van der Waals surface area contributed by atoms with Crippen LogP contribution < -0.4 is 12.4 Å². The number of nitrogens with zero attached hydrogens (tertiary/aromatic N) is 1. The molecule has 0 N–H and O–H groups in total. The van der Waals surface area contributed by atoms with Gasteiger partial charge in [0.15, 0.2) is 0 Å². The van der Waals surface area contributed by atoms with Crippen LogP contribution in [0.5, 0.6) is 0 Å². The summed E-state index contributed by atoms with van der Waals surface area (Å²) in [7, 11) is 6.89. The maximum atomic E-state index is 2.30. The standard InChI is InChI=1S/C20H44N.ClH/c1-5-6-7-8-9-10-11-12-13-14-15-16-17-18-19-20-21(2,3)4;/h5-20H2,1-4H3;1H/q+1;/p-1. The quantitative estimate of drug-likeness (QED) is 0.299. The lowest BCUT2D eigenvalue weighted by Crippen LogP contribution is -3.00. The molecule has 1 nitrogen and oxygen atoms in total. The Balaban J connectivity index is 0. The van der Waals surface area contributed by atoms with Crippen LogP contribution in [0.25, 0.3) is 0 Å². The molecule has 22 heavy (non-hydrogen) atoms. The van der Waals surface area contributed by atoms with Crippen molar-refractivity contribution in [3.8, 4) is 0 Å². The number of halogens is 1. The number of unbranched alkanes of at least 4 members (excludes halogenated alkanes) is 14. The maximum Gasteiger partial charge on any atom is 0.0780 e. The zero-order valence-corrected chi connectivity index (χ0v) is 16.9. The van der Waals surface area contributed by atoms with Crippen LogP contribution >= 0.6 is 0 Å². The molecule has 0 aromatic heterocycles. The Labute approximate surface area is 148 Å². The Kier molecular flexibility index (Phi) is 19.6. The molecule has 0 aliphatic heterocycles. The summed E-state index contributed by atoms with van der Waals surface area (Å²) in [4.78, 5) is 0. The van der Waals surface area contributed by atoms with Crippen molar-refractivity contribution >= 4 is 0 Å². The SMILES string of the molecule is CCCCCCCCCCCCCCCCC[N+](C)(C)C.[Cl-]. The minimum absolute atomic E-state index is 0. The van der Waals surface area contributed by atoms with Gasteiger partial charge in [0, 0.05) is 0 Å². The van der Waals surface area contributed by atoms with E-state index in [1.807, 2.05) is 0 Å². The molecule has 136 valence electrons.